The monoisotopic (exact) mass is 150 g/mol. The van der Waals surface area contributed by atoms with Gasteiger partial charge in [-0.3, -0.25) is 10.5 Å². The van der Waals surface area contributed by atoms with Crippen molar-refractivity contribution in [3.8, 4) is 0 Å². The fourth-order valence-corrected chi connectivity index (χ4v) is 0.715. The smallest absolute Gasteiger partial charge is 0.0431 e. The minimum atomic E-state index is 0.365. The predicted molar refractivity (Wildman–Crippen MR) is 41.1 cm³/mol. The third-order valence-electron chi connectivity index (χ3n) is 1.26. The van der Waals surface area contributed by atoms with Crippen molar-refractivity contribution in [3.05, 3.63) is 0 Å². The van der Waals surface area contributed by atoms with E-state index in [1.807, 2.05) is 0 Å². The highest BCUT2D eigenvalue weighted by molar-refractivity contribution is 4.39. The summed E-state index contributed by atoms with van der Waals surface area (Å²) >= 11 is 0. The maximum atomic E-state index is 8.37. The van der Waals surface area contributed by atoms with E-state index in [1.165, 1.54) is 25.7 Å². The van der Waals surface area contributed by atoms with Crippen molar-refractivity contribution in [1.29, 1.82) is 0 Å². The molecule has 0 aromatic rings. The number of unbranched alkanes of at least 4 members (excludes halogenated alkanes) is 4. The second-order valence-corrected chi connectivity index (χ2v) is 2.14. The normalized spacial score (nSPS) is 8.40. The maximum absolute atomic E-state index is 8.37. The highest BCUT2D eigenvalue weighted by atomic mass is 17.0. The van der Waals surface area contributed by atoms with Gasteiger partial charge in [0.05, 0.1) is 0 Å². The Kier molecular flexibility index (Phi) is 20.0. The summed E-state index contributed by atoms with van der Waals surface area (Å²) < 4.78 is 0. The van der Waals surface area contributed by atoms with Crippen LogP contribution in [0, 0.1) is 0 Å². The van der Waals surface area contributed by atoms with Gasteiger partial charge in [0.15, 0.2) is 0 Å². The van der Waals surface area contributed by atoms with Crippen molar-refractivity contribution in [2.45, 2.75) is 39.0 Å². The number of aliphatic hydroxyl groups excluding tert-OH is 1. The summed E-state index contributed by atoms with van der Waals surface area (Å²) in [5.41, 5.74) is 0. The lowest BCUT2D eigenvalue weighted by atomic mass is 10.2. The van der Waals surface area contributed by atoms with Crippen molar-refractivity contribution in [1.82, 2.24) is 0 Å². The molecule has 3 nitrogen and oxygen atoms in total. The molecule has 0 saturated carbocycles. The van der Waals surface area contributed by atoms with Gasteiger partial charge in [0.1, 0.15) is 0 Å². The van der Waals surface area contributed by atoms with E-state index in [0.29, 0.717) is 6.61 Å². The van der Waals surface area contributed by atoms with Crippen LogP contribution in [0.4, 0.5) is 0 Å². The van der Waals surface area contributed by atoms with Crippen molar-refractivity contribution in [3.63, 3.8) is 0 Å². The Balaban J connectivity index is 0. The van der Waals surface area contributed by atoms with Crippen LogP contribution in [0.2, 0.25) is 0 Å². The average Bonchev–Trinajstić information content (AvgIpc) is 2.02. The third-order valence-corrected chi connectivity index (χ3v) is 1.26. The number of rotatable bonds is 5. The molecule has 0 radical (unpaired) electrons. The molecule has 0 aliphatic heterocycles. The molecule has 0 fully saturated rings. The van der Waals surface area contributed by atoms with Crippen molar-refractivity contribution in [2.24, 2.45) is 0 Å². The van der Waals surface area contributed by atoms with E-state index in [-0.39, 0.29) is 0 Å². The molecular weight excluding hydrogens is 132 g/mol. The summed E-state index contributed by atoms with van der Waals surface area (Å²) in [4.78, 5) is 0. The zero-order valence-electron chi connectivity index (χ0n) is 6.58. The Hall–Kier alpha value is -0.120. The Labute approximate surface area is 62.2 Å². The van der Waals surface area contributed by atoms with Gasteiger partial charge in [-0.1, -0.05) is 32.6 Å². The molecule has 0 amide bonds. The van der Waals surface area contributed by atoms with Crippen LogP contribution in [0.15, 0.2) is 0 Å². The summed E-state index contributed by atoms with van der Waals surface area (Å²) in [6.07, 6.45) is 6.08. The molecule has 0 aromatic heterocycles. The second-order valence-electron chi connectivity index (χ2n) is 2.14. The standard InChI is InChI=1S/C7H16O.H2O2/c1-2-3-4-5-6-7-8;1-2/h8H,2-7H2,1H3;1-2H. The molecule has 10 heavy (non-hydrogen) atoms. The molecule has 0 atom stereocenters. The van der Waals surface area contributed by atoms with Gasteiger partial charge in [-0.15, -0.1) is 0 Å². The Morgan fingerprint density at radius 3 is 1.80 bits per heavy atom. The van der Waals surface area contributed by atoms with Crippen LogP contribution in [0.25, 0.3) is 0 Å². The Morgan fingerprint density at radius 1 is 0.900 bits per heavy atom. The molecule has 0 aromatic carbocycles. The minimum Gasteiger partial charge on any atom is -0.396 e. The number of aliphatic hydroxyl groups is 1. The number of hydrogen-bond acceptors (Lipinski definition) is 3. The highest BCUT2D eigenvalue weighted by Crippen LogP contribution is 2.00. The van der Waals surface area contributed by atoms with Crippen LogP contribution in [-0.2, 0) is 0 Å². The average molecular weight is 150 g/mol. The summed E-state index contributed by atoms with van der Waals surface area (Å²) in [6.45, 7) is 2.56. The summed E-state index contributed by atoms with van der Waals surface area (Å²) in [7, 11) is 0. The van der Waals surface area contributed by atoms with E-state index in [2.05, 4.69) is 6.92 Å². The summed E-state index contributed by atoms with van der Waals surface area (Å²) in [6, 6.07) is 0. The first-order chi connectivity index (χ1) is 4.91. The first-order valence-electron chi connectivity index (χ1n) is 3.72. The van der Waals surface area contributed by atoms with E-state index < -0.39 is 0 Å². The fourth-order valence-electron chi connectivity index (χ4n) is 0.715. The molecular formula is C7H18O3. The van der Waals surface area contributed by atoms with Gasteiger partial charge in [0, 0.05) is 6.61 Å². The molecule has 0 aliphatic rings. The molecule has 0 saturated heterocycles. The van der Waals surface area contributed by atoms with Crippen molar-refractivity contribution >= 4 is 0 Å². The number of hydrogen-bond donors (Lipinski definition) is 3. The van der Waals surface area contributed by atoms with Crippen molar-refractivity contribution < 1.29 is 15.6 Å². The lowest BCUT2D eigenvalue weighted by molar-refractivity contribution is -0.176. The fraction of sp³-hybridized carbons (Fsp3) is 1.00. The molecule has 64 valence electrons. The van der Waals surface area contributed by atoms with Gasteiger partial charge in [-0.25, -0.2) is 0 Å². The van der Waals surface area contributed by atoms with Crippen LogP contribution in [0.5, 0.6) is 0 Å². The quantitative estimate of drug-likeness (QED) is 0.319. The molecule has 0 aliphatic carbocycles. The molecule has 3 heteroatoms. The van der Waals surface area contributed by atoms with E-state index in [9.17, 15) is 0 Å². The van der Waals surface area contributed by atoms with Gasteiger partial charge < -0.3 is 5.11 Å². The first kappa shape index (κ1) is 12.5. The van der Waals surface area contributed by atoms with Gasteiger partial charge >= 0.3 is 0 Å². The Bertz CT molecular complexity index is 33.8. The highest BCUT2D eigenvalue weighted by Gasteiger charge is 1.84. The van der Waals surface area contributed by atoms with E-state index >= 15 is 0 Å². The van der Waals surface area contributed by atoms with Gasteiger partial charge in [-0.05, 0) is 6.42 Å². The summed E-state index contributed by atoms with van der Waals surface area (Å²) in [5, 5.41) is 20.4. The SMILES string of the molecule is CCCCCCCO.OO. The van der Waals surface area contributed by atoms with Gasteiger partial charge in [-0.2, -0.15) is 0 Å². The van der Waals surface area contributed by atoms with Crippen molar-refractivity contribution in [2.75, 3.05) is 6.61 Å². The molecule has 3 N–H and O–H groups in total. The molecule has 0 rings (SSSR count). The van der Waals surface area contributed by atoms with Crippen LogP contribution >= 0.6 is 0 Å². The lowest BCUT2D eigenvalue weighted by Gasteiger charge is -1.93. The van der Waals surface area contributed by atoms with Crippen LogP contribution in [0.3, 0.4) is 0 Å². The van der Waals surface area contributed by atoms with E-state index in [4.69, 9.17) is 15.6 Å². The summed E-state index contributed by atoms with van der Waals surface area (Å²) in [5.74, 6) is 0. The maximum Gasteiger partial charge on any atom is 0.0431 e. The first-order valence-corrected chi connectivity index (χ1v) is 3.72. The zero-order chi connectivity index (χ0) is 8.24. The topological polar surface area (TPSA) is 60.7 Å². The van der Waals surface area contributed by atoms with Crippen LogP contribution in [-0.4, -0.2) is 22.2 Å². The molecule has 0 heterocycles. The lowest BCUT2D eigenvalue weighted by Crippen LogP contribution is -1.81. The van der Waals surface area contributed by atoms with Crippen LogP contribution in [0.1, 0.15) is 39.0 Å². The minimum absolute atomic E-state index is 0.365. The van der Waals surface area contributed by atoms with Gasteiger partial charge in [0.25, 0.3) is 0 Å². The predicted octanol–water partition coefficient (Wildman–Crippen LogP) is 1.97. The van der Waals surface area contributed by atoms with E-state index in [1.54, 1.807) is 0 Å². The molecule has 0 bridgehead atoms. The van der Waals surface area contributed by atoms with Gasteiger partial charge in [0.2, 0.25) is 0 Å². The largest absolute Gasteiger partial charge is 0.396 e. The van der Waals surface area contributed by atoms with Crippen LogP contribution < -0.4 is 0 Å². The zero-order valence-corrected chi connectivity index (χ0v) is 6.58. The third kappa shape index (κ3) is 15.7. The second kappa shape index (κ2) is 15.9. The molecule has 0 unspecified atom stereocenters. The Morgan fingerprint density at radius 2 is 1.40 bits per heavy atom. The van der Waals surface area contributed by atoms with E-state index in [0.717, 1.165) is 6.42 Å². The molecule has 0 spiro atoms.